The third-order valence-corrected chi connectivity index (χ3v) is 1.97. The lowest BCUT2D eigenvalue weighted by molar-refractivity contribution is 0.0588. The summed E-state index contributed by atoms with van der Waals surface area (Å²) in [5.41, 5.74) is 0. The third-order valence-electron chi connectivity index (χ3n) is 1.34. The van der Waals surface area contributed by atoms with Crippen LogP contribution in [0.1, 0.15) is 10.6 Å². The molecule has 0 aliphatic heterocycles. The van der Waals surface area contributed by atoms with E-state index in [2.05, 4.69) is 30.7 Å². The van der Waals surface area contributed by atoms with Crippen LogP contribution in [0.25, 0.3) is 0 Å². The van der Waals surface area contributed by atoms with Crippen LogP contribution in [0.2, 0.25) is 0 Å². The Kier molecular flexibility index (Phi) is 4.40. The van der Waals surface area contributed by atoms with E-state index in [1.165, 1.54) is 13.2 Å². The first-order chi connectivity index (χ1) is 7.67. The van der Waals surface area contributed by atoms with E-state index in [-0.39, 0.29) is 17.6 Å². The fraction of sp³-hybridized carbons (Fsp3) is 0.250. The molecule has 0 saturated heterocycles. The largest absolute Gasteiger partial charge is 0.463 e. The first-order valence-electron chi connectivity index (χ1n) is 4.14. The van der Waals surface area contributed by atoms with Crippen LogP contribution in [-0.4, -0.2) is 35.1 Å². The van der Waals surface area contributed by atoms with Crippen molar-refractivity contribution in [2.45, 2.75) is 0 Å². The fourth-order valence-electron chi connectivity index (χ4n) is 0.706. The van der Waals surface area contributed by atoms with Crippen LogP contribution in [-0.2, 0) is 9.47 Å². The zero-order chi connectivity index (χ0) is 12.0. The van der Waals surface area contributed by atoms with Gasteiger partial charge >= 0.3 is 12.1 Å². The smallest absolute Gasteiger partial charge is 0.413 e. The van der Waals surface area contributed by atoms with Crippen LogP contribution in [0.5, 0.6) is 0 Å². The number of amides is 1. The van der Waals surface area contributed by atoms with Crippen molar-refractivity contribution in [3.63, 3.8) is 0 Å². The second-order valence-corrected chi connectivity index (χ2v) is 3.18. The molecule has 0 radical (unpaired) electrons. The van der Waals surface area contributed by atoms with Crippen LogP contribution in [0.3, 0.4) is 0 Å². The van der Waals surface area contributed by atoms with Gasteiger partial charge in [-0.2, -0.15) is 9.36 Å². The molecule has 1 N–H and O–H groups in total. The van der Waals surface area contributed by atoms with E-state index in [0.29, 0.717) is 0 Å². The minimum absolute atomic E-state index is 0.0918. The van der Waals surface area contributed by atoms with Crippen molar-refractivity contribution in [1.82, 2.24) is 9.36 Å². The molecule has 0 unspecified atom stereocenters. The average molecular weight is 243 g/mol. The number of carbonyl (C=O) groups excluding carboxylic acids is 2. The highest BCUT2D eigenvalue weighted by atomic mass is 32.1. The van der Waals surface area contributed by atoms with Gasteiger partial charge in [0.1, 0.15) is 6.61 Å². The number of nitrogens with one attached hydrogen (secondary N) is 1. The molecule has 0 aliphatic rings. The minimum Gasteiger partial charge on any atom is -0.463 e. The summed E-state index contributed by atoms with van der Waals surface area (Å²) in [6, 6.07) is 0. The molecule has 0 spiro atoms. The highest BCUT2D eigenvalue weighted by Crippen LogP contribution is 2.11. The maximum Gasteiger partial charge on any atom is 0.413 e. The zero-order valence-electron chi connectivity index (χ0n) is 8.43. The second kappa shape index (κ2) is 5.81. The number of hydrogen-bond donors (Lipinski definition) is 1. The Morgan fingerprint density at radius 2 is 2.38 bits per heavy atom. The van der Waals surface area contributed by atoms with Crippen molar-refractivity contribution in [3.8, 4) is 0 Å². The Bertz CT molecular complexity index is 404. The predicted octanol–water partition coefficient (Wildman–Crippen LogP) is 1.06. The molecule has 0 saturated carbocycles. The molecule has 8 heteroatoms. The molecule has 1 aromatic heterocycles. The van der Waals surface area contributed by atoms with Gasteiger partial charge in [-0.3, -0.25) is 5.32 Å². The SMILES string of the molecule is C=CCOC(=O)Nc1nc(C(=O)OC)ns1. The van der Waals surface area contributed by atoms with Crippen LogP contribution < -0.4 is 5.32 Å². The van der Waals surface area contributed by atoms with Gasteiger partial charge in [-0.25, -0.2) is 9.59 Å². The standard InChI is InChI=1S/C8H9N3O4S/c1-3-4-15-8(13)10-7-9-5(11-16-7)6(12)14-2/h3H,1,4H2,2H3,(H,9,10,11,13). The summed E-state index contributed by atoms with van der Waals surface area (Å²) in [5.74, 6) is -0.768. The molecule has 86 valence electrons. The van der Waals surface area contributed by atoms with Gasteiger partial charge in [0.2, 0.25) is 5.13 Å². The summed E-state index contributed by atoms with van der Waals surface area (Å²) in [4.78, 5) is 25.8. The first kappa shape index (κ1) is 12.1. The molecule has 0 bridgehead atoms. The topological polar surface area (TPSA) is 90.4 Å². The molecule has 16 heavy (non-hydrogen) atoms. The maximum atomic E-state index is 11.1. The van der Waals surface area contributed by atoms with Crippen LogP contribution in [0, 0.1) is 0 Å². The number of esters is 1. The van der Waals surface area contributed by atoms with Gasteiger partial charge < -0.3 is 9.47 Å². The molecule has 0 fully saturated rings. The van der Waals surface area contributed by atoms with Crippen molar-refractivity contribution in [1.29, 1.82) is 0 Å². The molecular formula is C8H9N3O4S. The Morgan fingerprint density at radius 3 is 3.00 bits per heavy atom. The van der Waals surface area contributed by atoms with Crippen molar-refractivity contribution < 1.29 is 19.1 Å². The Morgan fingerprint density at radius 1 is 1.62 bits per heavy atom. The van der Waals surface area contributed by atoms with E-state index in [0.717, 1.165) is 11.5 Å². The van der Waals surface area contributed by atoms with Gasteiger partial charge in [-0.1, -0.05) is 12.7 Å². The van der Waals surface area contributed by atoms with E-state index >= 15 is 0 Å². The summed E-state index contributed by atoms with van der Waals surface area (Å²) in [7, 11) is 1.22. The Hall–Kier alpha value is -1.96. The summed E-state index contributed by atoms with van der Waals surface area (Å²) in [5, 5.41) is 2.47. The Labute approximate surface area is 95.3 Å². The molecule has 1 aromatic rings. The van der Waals surface area contributed by atoms with Gasteiger partial charge in [0, 0.05) is 11.5 Å². The minimum atomic E-state index is -0.688. The first-order valence-corrected chi connectivity index (χ1v) is 4.91. The van der Waals surface area contributed by atoms with Crippen LogP contribution in [0.4, 0.5) is 9.93 Å². The van der Waals surface area contributed by atoms with Crippen molar-refractivity contribution >= 4 is 28.7 Å². The predicted molar refractivity (Wildman–Crippen MR) is 56.4 cm³/mol. The summed E-state index contributed by atoms with van der Waals surface area (Å²) < 4.78 is 12.7. The van der Waals surface area contributed by atoms with E-state index in [9.17, 15) is 9.59 Å². The lowest BCUT2D eigenvalue weighted by Gasteiger charge is -1.99. The lowest BCUT2D eigenvalue weighted by Crippen LogP contribution is -2.13. The Balaban J connectivity index is 2.55. The van der Waals surface area contributed by atoms with Crippen molar-refractivity contribution in [2.24, 2.45) is 0 Å². The number of nitrogens with zero attached hydrogens (tertiary/aromatic N) is 2. The number of methoxy groups -OCH3 is 1. The van der Waals surface area contributed by atoms with Gasteiger partial charge in [0.05, 0.1) is 7.11 Å². The number of anilines is 1. The van der Waals surface area contributed by atoms with Gasteiger partial charge in [0.25, 0.3) is 5.82 Å². The number of hydrogen-bond acceptors (Lipinski definition) is 7. The highest BCUT2D eigenvalue weighted by molar-refractivity contribution is 7.10. The average Bonchev–Trinajstić information content (AvgIpc) is 2.73. The van der Waals surface area contributed by atoms with E-state index in [4.69, 9.17) is 0 Å². The molecular weight excluding hydrogens is 234 g/mol. The highest BCUT2D eigenvalue weighted by Gasteiger charge is 2.14. The molecule has 0 aromatic carbocycles. The number of ether oxygens (including phenoxy) is 2. The summed E-state index contributed by atoms with van der Waals surface area (Å²) >= 11 is 0.855. The van der Waals surface area contributed by atoms with Crippen molar-refractivity contribution in [2.75, 3.05) is 19.0 Å². The number of aromatic nitrogens is 2. The number of carbonyl (C=O) groups is 2. The quantitative estimate of drug-likeness (QED) is 0.628. The molecule has 1 heterocycles. The maximum absolute atomic E-state index is 11.1. The molecule has 0 atom stereocenters. The van der Waals surface area contributed by atoms with Gasteiger partial charge in [-0.15, -0.1) is 0 Å². The van der Waals surface area contributed by atoms with E-state index in [1.807, 2.05) is 0 Å². The summed E-state index contributed by atoms with van der Waals surface area (Å²) in [6.07, 6.45) is 0.743. The molecule has 7 nitrogen and oxygen atoms in total. The lowest BCUT2D eigenvalue weighted by atomic mass is 10.6. The molecule has 1 amide bonds. The normalized spacial score (nSPS) is 9.31. The monoisotopic (exact) mass is 243 g/mol. The molecule has 1 rings (SSSR count). The number of rotatable bonds is 4. The van der Waals surface area contributed by atoms with Gasteiger partial charge in [0.15, 0.2) is 0 Å². The summed E-state index contributed by atoms with van der Waals surface area (Å²) in [6.45, 7) is 3.48. The molecule has 0 aliphatic carbocycles. The van der Waals surface area contributed by atoms with Crippen LogP contribution in [0.15, 0.2) is 12.7 Å². The second-order valence-electron chi connectivity index (χ2n) is 2.43. The van der Waals surface area contributed by atoms with E-state index in [1.54, 1.807) is 0 Å². The van der Waals surface area contributed by atoms with Gasteiger partial charge in [-0.05, 0) is 0 Å². The van der Waals surface area contributed by atoms with Crippen LogP contribution >= 0.6 is 11.5 Å². The third kappa shape index (κ3) is 3.31. The van der Waals surface area contributed by atoms with Crippen molar-refractivity contribution in [3.05, 3.63) is 18.5 Å². The van der Waals surface area contributed by atoms with E-state index < -0.39 is 12.1 Å². The fourth-order valence-corrected chi connectivity index (χ4v) is 1.25. The zero-order valence-corrected chi connectivity index (χ0v) is 9.24.